The molecule has 0 bridgehead atoms. The zero-order valence-electron chi connectivity index (χ0n) is 14.8. The van der Waals surface area contributed by atoms with Gasteiger partial charge in [-0.1, -0.05) is 50.6 Å². The number of aliphatic hydroxyl groups excluding tert-OH is 1. The molecule has 2 rings (SSSR count). The van der Waals surface area contributed by atoms with Crippen molar-refractivity contribution in [3.8, 4) is 0 Å². The summed E-state index contributed by atoms with van der Waals surface area (Å²) < 4.78 is 5.73. The second kappa shape index (κ2) is 9.77. The molecule has 0 spiro atoms. The first-order valence-corrected chi connectivity index (χ1v) is 8.91. The van der Waals surface area contributed by atoms with Crippen LogP contribution in [0.4, 0.5) is 0 Å². The molecular formula is C19H30N2O3. The molecule has 2 N–H and O–H groups in total. The molecule has 1 aliphatic rings. The Morgan fingerprint density at radius 3 is 2.88 bits per heavy atom. The summed E-state index contributed by atoms with van der Waals surface area (Å²) in [6, 6.07) is 10.3. The number of rotatable bonds is 8. The van der Waals surface area contributed by atoms with Gasteiger partial charge in [-0.2, -0.15) is 0 Å². The van der Waals surface area contributed by atoms with E-state index >= 15 is 0 Å². The maximum Gasteiger partial charge on any atom is 0.222 e. The Morgan fingerprint density at radius 2 is 2.17 bits per heavy atom. The van der Waals surface area contributed by atoms with Gasteiger partial charge in [0.1, 0.15) is 0 Å². The Bertz CT molecular complexity index is 495. The summed E-state index contributed by atoms with van der Waals surface area (Å²) in [5.41, 5.74) is 1.28. The predicted octanol–water partition coefficient (Wildman–Crippen LogP) is 1.80. The summed E-state index contributed by atoms with van der Waals surface area (Å²) in [7, 11) is 0. The summed E-state index contributed by atoms with van der Waals surface area (Å²) in [6.45, 7) is 7.52. The van der Waals surface area contributed by atoms with Crippen molar-refractivity contribution >= 4 is 5.91 Å². The Labute approximate surface area is 145 Å². The standard InChI is InChI=1S/C19H30N2O3/c1-3-15(2)18(22)12-20-19(23)11-17-14-21(9-10-24-17)13-16-7-5-4-6-8-16/h4-8,15,17-18,22H,3,9-14H2,1-2H3,(H,20,23). The van der Waals surface area contributed by atoms with Crippen LogP contribution in [0.25, 0.3) is 0 Å². The second-order valence-electron chi connectivity index (χ2n) is 6.67. The number of carbonyl (C=O) groups is 1. The average Bonchev–Trinajstić information content (AvgIpc) is 2.60. The van der Waals surface area contributed by atoms with E-state index in [0.29, 0.717) is 19.6 Å². The molecule has 1 aliphatic heterocycles. The van der Waals surface area contributed by atoms with Crippen LogP contribution in [0, 0.1) is 5.92 Å². The Morgan fingerprint density at radius 1 is 1.42 bits per heavy atom. The molecule has 5 heteroatoms. The number of ether oxygens (including phenoxy) is 1. The summed E-state index contributed by atoms with van der Waals surface area (Å²) in [5.74, 6) is 0.140. The van der Waals surface area contributed by atoms with Crippen LogP contribution in [-0.2, 0) is 16.1 Å². The number of benzene rings is 1. The highest BCUT2D eigenvalue weighted by Gasteiger charge is 2.23. The molecule has 0 aliphatic carbocycles. The van der Waals surface area contributed by atoms with Gasteiger partial charge in [-0.25, -0.2) is 0 Å². The molecule has 3 atom stereocenters. The van der Waals surface area contributed by atoms with E-state index in [1.807, 2.05) is 32.0 Å². The minimum Gasteiger partial charge on any atom is -0.391 e. The van der Waals surface area contributed by atoms with Gasteiger partial charge in [-0.3, -0.25) is 9.69 Å². The van der Waals surface area contributed by atoms with E-state index in [1.165, 1.54) is 5.56 Å². The minimum absolute atomic E-state index is 0.0519. The highest BCUT2D eigenvalue weighted by Crippen LogP contribution is 2.13. The maximum atomic E-state index is 12.1. The van der Waals surface area contributed by atoms with Crippen LogP contribution in [0.2, 0.25) is 0 Å². The van der Waals surface area contributed by atoms with E-state index in [4.69, 9.17) is 4.74 Å². The van der Waals surface area contributed by atoms with Crippen molar-refractivity contribution in [2.75, 3.05) is 26.2 Å². The van der Waals surface area contributed by atoms with Crippen LogP contribution in [-0.4, -0.2) is 54.4 Å². The van der Waals surface area contributed by atoms with Crippen LogP contribution in [0.1, 0.15) is 32.3 Å². The van der Waals surface area contributed by atoms with E-state index in [2.05, 4.69) is 22.3 Å². The van der Waals surface area contributed by atoms with Crippen molar-refractivity contribution in [2.45, 2.75) is 45.4 Å². The maximum absolute atomic E-state index is 12.1. The second-order valence-corrected chi connectivity index (χ2v) is 6.67. The molecule has 1 fully saturated rings. The molecule has 0 radical (unpaired) electrons. The first-order valence-electron chi connectivity index (χ1n) is 8.91. The number of morpholine rings is 1. The van der Waals surface area contributed by atoms with Crippen LogP contribution < -0.4 is 5.32 Å². The molecule has 134 valence electrons. The fraction of sp³-hybridized carbons (Fsp3) is 0.632. The molecule has 1 amide bonds. The number of nitrogens with zero attached hydrogens (tertiary/aromatic N) is 1. The number of aliphatic hydroxyl groups is 1. The number of hydrogen-bond acceptors (Lipinski definition) is 4. The van der Waals surface area contributed by atoms with Gasteiger partial charge in [-0.05, 0) is 11.5 Å². The van der Waals surface area contributed by atoms with Crippen molar-refractivity contribution in [3.63, 3.8) is 0 Å². The molecule has 24 heavy (non-hydrogen) atoms. The fourth-order valence-corrected chi connectivity index (χ4v) is 2.86. The monoisotopic (exact) mass is 334 g/mol. The van der Waals surface area contributed by atoms with Crippen LogP contribution >= 0.6 is 0 Å². The number of nitrogens with one attached hydrogen (secondary N) is 1. The summed E-state index contributed by atoms with van der Waals surface area (Å²) >= 11 is 0. The third-order valence-electron chi connectivity index (χ3n) is 4.69. The lowest BCUT2D eigenvalue weighted by Crippen LogP contribution is -2.45. The smallest absolute Gasteiger partial charge is 0.222 e. The molecule has 1 saturated heterocycles. The largest absolute Gasteiger partial charge is 0.391 e. The molecular weight excluding hydrogens is 304 g/mol. The molecule has 0 aromatic heterocycles. The number of amides is 1. The zero-order valence-corrected chi connectivity index (χ0v) is 14.8. The molecule has 5 nitrogen and oxygen atoms in total. The quantitative estimate of drug-likeness (QED) is 0.761. The lowest BCUT2D eigenvalue weighted by molar-refractivity contribution is -0.126. The first-order chi connectivity index (χ1) is 11.6. The van der Waals surface area contributed by atoms with E-state index in [-0.39, 0.29) is 17.9 Å². The molecule has 1 aromatic rings. The van der Waals surface area contributed by atoms with Gasteiger partial charge in [0, 0.05) is 26.2 Å². The van der Waals surface area contributed by atoms with Crippen LogP contribution in [0.3, 0.4) is 0 Å². The van der Waals surface area contributed by atoms with Gasteiger partial charge in [0.25, 0.3) is 0 Å². The van der Waals surface area contributed by atoms with Gasteiger partial charge >= 0.3 is 0 Å². The van der Waals surface area contributed by atoms with Crippen molar-refractivity contribution in [1.29, 1.82) is 0 Å². The molecule has 1 aromatic carbocycles. The Balaban J connectivity index is 1.73. The average molecular weight is 334 g/mol. The summed E-state index contributed by atoms with van der Waals surface area (Å²) in [4.78, 5) is 14.4. The Hall–Kier alpha value is -1.43. The summed E-state index contributed by atoms with van der Waals surface area (Å²) in [5, 5.41) is 12.7. The lowest BCUT2D eigenvalue weighted by Gasteiger charge is -2.32. The third-order valence-corrected chi connectivity index (χ3v) is 4.69. The lowest BCUT2D eigenvalue weighted by atomic mass is 10.0. The van der Waals surface area contributed by atoms with Gasteiger partial charge in [0.2, 0.25) is 5.91 Å². The van der Waals surface area contributed by atoms with Gasteiger partial charge in [0.05, 0.1) is 25.2 Å². The van der Waals surface area contributed by atoms with Gasteiger partial charge < -0.3 is 15.2 Å². The highest BCUT2D eigenvalue weighted by molar-refractivity contribution is 5.76. The highest BCUT2D eigenvalue weighted by atomic mass is 16.5. The van der Waals surface area contributed by atoms with Gasteiger partial charge in [0.15, 0.2) is 0 Å². The molecule has 0 saturated carbocycles. The zero-order chi connectivity index (χ0) is 17.4. The van der Waals surface area contributed by atoms with Crippen LogP contribution in [0.5, 0.6) is 0 Å². The third kappa shape index (κ3) is 6.23. The predicted molar refractivity (Wildman–Crippen MR) is 94.5 cm³/mol. The fourth-order valence-electron chi connectivity index (χ4n) is 2.86. The van der Waals surface area contributed by atoms with Crippen molar-refractivity contribution in [3.05, 3.63) is 35.9 Å². The van der Waals surface area contributed by atoms with Crippen LogP contribution in [0.15, 0.2) is 30.3 Å². The first kappa shape index (κ1) is 18.9. The summed E-state index contributed by atoms with van der Waals surface area (Å²) in [6.07, 6.45) is 0.680. The molecule has 1 heterocycles. The van der Waals surface area contributed by atoms with E-state index in [9.17, 15) is 9.90 Å². The molecule has 3 unspecified atom stereocenters. The van der Waals surface area contributed by atoms with Crippen molar-refractivity contribution in [1.82, 2.24) is 10.2 Å². The number of hydrogen-bond donors (Lipinski definition) is 2. The van der Waals surface area contributed by atoms with Crippen molar-refractivity contribution in [2.24, 2.45) is 5.92 Å². The SMILES string of the molecule is CCC(C)C(O)CNC(=O)CC1CN(Cc2ccccc2)CCO1. The van der Waals surface area contributed by atoms with E-state index in [0.717, 1.165) is 26.1 Å². The topological polar surface area (TPSA) is 61.8 Å². The minimum atomic E-state index is -0.485. The van der Waals surface area contributed by atoms with E-state index in [1.54, 1.807) is 0 Å². The number of carbonyl (C=O) groups excluding carboxylic acids is 1. The van der Waals surface area contributed by atoms with Crippen molar-refractivity contribution < 1.29 is 14.6 Å². The normalized spacial score (nSPS) is 21.2. The van der Waals surface area contributed by atoms with E-state index < -0.39 is 6.10 Å². The Kier molecular flexibility index (Phi) is 7.69. The van der Waals surface area contributed by atoms with Gasteiger partial charge in [-0.15, -0.1) is 0 Å².